The largest absolute Gasteiger partial charge is 0.497 e. The van der Waals surface area contributed by atoms with Crippen molar-refractivity contribution < 1.29 is 22.3 Å². The minimum absolute atomic E-state index is 0.117. The third-order valence-electron chi connectivity index (χ3n) is 6.82. The Morgan fingerprint density at radius 3 is 2.32 bits per heavy atom. The minimum atomic E-state index is -3.94. The number of ether oxygens (including phenoxy) is 1. The molecule has 1 aliphatic heterocycles. The number of sulfonamides is 1. The van der Waals surface area contributed by atoms with Crippen LogP contribution in [0.3, 0.4) is 0 Å². The first-order valence-corrected chi connectivity index (χ1v) is 15.0. The molecule has 2 heterocycles. The molecule has 0 bridgehead atoms. The van der Waals surface area contributed by atoms with Gasteiger partial charge in [-0.25, -0.2) is 12.8 Å². The number of thiophene rings is 1. The van der Waals surface area contributed by atoms with E-state index in [1.165, 1.54) is 35.7 Å². The number of nitrogens with zero attached hydrogens (tertiary/aromatic N) is 3. The number of halogens is 1. The predicted molar refractivity (Wildman–Crippen MR) is 147 cm³/mol. The van der Waals surface area contributed by atoms with Gasteiger partial charge in [-0.15, -0.1) is 11.3 Å². The fourth-order valence-corrected chi connectivity index (χ4v) is 6.77. The topological polar surface area (TPSA) is 70.2 Å². The van der Waals surface area contributed by atoms with E-state index in [0.717, 1.165) is 41.9 Å². The summed E-state index contributed by atoms with van der Waals surface area (Å²) in [6, 6.07) is 14.3. The van der Waals surface area contributed by atoms with Crippen molar-refractivity contribution in [1.29, 1.82) is 0 Å². The number of rotatable bonds is 12. The predicted octanol–water partition coefficient (Wildman–Crippen LogP) is 4.52. The Kier molecular flexibility index (Phi) is 9.54. The fraction of sp³-hybridized carbons (Fsp3) is 0.393. The maximum atomic E-state index is 13.8. The molecule has 2 aromatic carbocycles. The molecule has 204 valence electrons. The average Bonchev–Trinajstić information content (AvgIpc) is 3.59. The Morgan fingerprint density at radius 1 is 1.03 bits per heavy atom. The Labute approximate surface area is 228 Å². The van der Waals surface area contributed by atoms with Gasteiger partial charge >= 0.3 is 0 Å². The van der Waals surface area contributed by atoms with E-state index >= 15 is 0 Å². The van der Waals surface area contributed by atoms with Crippen molar-refractivity contribution >= 4 is 27.3 Å². The van der Waals surface area contributed by atoms with Crippen molar-refractivity contribution in [3.05, 3.63) is 81.8 Å². The van der Waals surface area contributed by atoms with Crippen LogP contribution >= 0.6 is 11.3 Å². The Morgan fingerprint density at radius 2 is 1.71 bits per heavy atom. The van der Waals surface area contributed by atoms with Gasteiger partial charge in [0.25, 0.3) is 0 Å². The van der Waals surface area contributed by atoms with Crippen LogP contribution in [0.15, 0.2) is 64.9 Å². The molecule has 10 heteroatoms. The second-order valence-electron chi connectivity index (χ2n) is 9.47. The van der Waals surface area contributed by atoms with Crippen LogP contribution in [0, 0.1) is 12.7 Å². The fourth-order valence-electron chi connectivity index (χ4n) is 4.47. The summed E-state index contributed by atoms with van der Waals surface area (Å²) in [5, 5.41) is 1.97. The second kappa shape index (κ2) is 12.8. The highest BCUT2D eigenvalue weighted by Gasteiger charge is 2.30. The van der Waals surface area contributed by atoms with E-state index in [-0.39, 0.29) is 36.3 Å². The van der Waals surface area contributed by atoms with Crippen molar-refractivity contribution in [1.82, 2.24) is 14.1 Å². The lowest BCUT2D eigenvalue weighted by Crippen LogP contribution is -2.45. The summed E-state index contributed by atoms with van der Waals surface area (Å²) in [7, 11) is -2.42. The average molecular weight is 560 g/mol. The summed E-state index contributed by atoms with van der Waals surface area (Å²) in [4.78, 5) is 18.8. The minimum Gasteiger partial charge on any atom is -0.497 e. The van der Waals surface area contributed by atoms with Crippen LogP contribution in [0.5, 0.6) is 5.75 Å². The molecule has 1 fully saturated rings. The van der Waals surface area contributed by atoms with Gasteiger partial charge in [-0.1, -0.05) is 12.1 Å². The molecule has 7 nitrogen and oxygen atoms in total. The molecule has 0 unspecified atom stereocenters. The van der Waals surface area contributed by atoms with Crippen molar-refractivity contribution in [3.8, 4) is 5.75 Å². The summed E-state index contributed by atoms with van der Waals surface area (Å²) in [5.41, 5.74) is 1.85. The highest BCUT2D eigenvalue weighted by atomic mass is 32.2. The smallest absolute Gasteiger partial charge is 0.243 e. The van der Waals surface area contributed by atoms with Gasteiger partial charge in [0.15, 0.2) is 0 Å². The molecule has 0 spiro atoms. The first-order valence-electron chi connectivity index (χ1n) is 12.7. The molecule has 0 N–H and O–H groups in total. The van der Waals surface area contributed by atoms with E-state index < -0.39 is 10.0 Å². The highest BCUT2D eigenvalue weighted by Crippen LogP contribution is 2.23. The molecule has 0 atom stereocenters. The normalized spacial score (nSPS) is 14.2. The summed E-state index contributed by atoms with van der Waals surface area (Å²) < 4.78 is 47.4. The number of methoxy groups -OCH3 is 1. The van der Waals surface area contributed by atoms with Gasteiger partial charge in [0.2, 0.25) is 15.9 Å². The van der Waals surface area contributed by atoms with E-state index in [4.69, 9.17) is 4.74 Å². The standard InChI is InChI=1S/C28H34FN3O4S2/c1-22-13-18-37-27(22)20-31(19-23-5-7-24(29)8-6-23)28(33)21-32(17-16-30-14-3-4-15-30)38(34,35)26-11-9-25(36-2)10-12-26/h5-13,18H,3-4,14-17,19-21H2,1-2H3. The van der Waals surface area contributed by atoms with Crippen molar-refractivity contribution in [2.24, 2.45) is 0 Å². The molecular weight excluding hydrogens is 525 g/mol. The first-order chi connectivity index (χ1) is 18.3. The number of hydrogen-bond donors (Lipinski definition) is 0. The Bertz CT molecular complexity index is 1300. The zero-order valence-corrected chi connectivity index (χ0v) is 23.4. The lowest BCUT2D eigenvalue weighted by atomic mass is 10.2. The van der Waals surface area contributed by atoms with Crippen molar-refractivity contribution in [3.63, 3.8) is 0 Å². The van der Waals surface area contributed by atoms with Gasteiger partial charge in [-0.05, 0) is 91.8 Å². The van der Waals surface area contributed by atoms with E-state index in [1.807, 2.05) is 18.4 Å². The van der Waals surface area contributed by atoms with Gasteiger partial charge in [-0.3, -0.25) is 4.79 Å². The van der Waals surface area contributed by atoms with Crippen LogP contribution in [-0.4, -0.2) is 68.3 Å². The number of carbonyl (C=O) groups excluding carboxylic acids is 1. The lowest BCUT2D eigenvalue weighted by molar-refractivity contribution is -0.132. The SMILES string of the molecule is COc1ccc(S(=O)(=O)N(CCN2CCCC2)CC(=O)N(Cc2ccc(F)cc2)Cc2sccc2C)cc1. The summed E-state index contributed by atoms with van der Waals surface area (Å²) >= 11 is 1.56. The zero-order valence-electron chi connectivity index (χ0n) is 21.8. The molecule has 38 heavy (non-hydrogen) atoms. The maximum Gasteiger partial charge on any atom is 0.243 e. The molecule has 1 aromatic heterocycles. The van der Waals surface area contributed by atoms with Crippen LogP contribution in [0.4, 0.5) is 4.39 Å². The summed E-state index contributed by atoms with van der Waals surface area (Å²) in [5.74, 6) is -0.0968. The monoisotopic (exact) mass is 559 g/mol. The number of likely N-dealkylation sites (tertiary alicyclic amines) is 1. The molecule has 1 amide bonds. The van der Waals surface area contributed by atoms with E-state index in [0.29, 0.717) is 18.8 Å². The van der Waals surface area contributed by atoms with Crippen LogP contribution in [0.1, 0.15) is 28.8 Å². The molecule has 1 saturated heterocycles. The van der Waals surface area contributed by atoms with Gasteiger partial charge in [0.1, 0.15) is 11.6 Å². The summed E-state index contributed by atoms with van der Waals surface area (Å²) in [6.07, 6.45) is 2.19. The molecule has 0 radical (unpaired) electrons. The highest BCUT2D eigenvalue weighted by molar-refractivity contribution is 7.89. The number of amides is 1. The van der Waals surface area contributed by atoms with Gasteiger partial charge in [-0.2, -0.15) is 4.31 Å². The second-order valence-corrected chi connectivity index (χ2v) is 12.4. The number of carbonyl (C=O) groups is 1. The van der Waals surface area contributed by atoms with E-state index in [9.17, 15) is 17.6 Å². The Hall–Kier alpha value is -2.79. The number of aryl methyl sites for hydroxylation is 1. The molecular formula is C28H34FN3O4S2. The van der Waals surface area contributed by atoms with Crippen molar-refractivity contribution in [2.45, 2.75) is 37.8 Å². The quantitative estimate of drug-likeness (QED) is 0.326. The number of benzene rings is 2. The molecule has 3 aromatic rings. The van der Waals surface area contributed by atoms with Gasteiger partial charge < -0.3 is 14.5 Å². The zero-order chi connectivity index (χ0) is 27.1. The maximum absolute atomic E-state index is 13.8. The Balaban J connectivity index is 1.59. The van der Waals surface area contributed by atoms with Crippen LogP contribution in [-0.2, 0) is 27.9 Å². The third-order valence-corrected chi connectivity index (χ3v) is 9.68. The molecule has 0 aliphatic carbocycles. The molecule has 1 aliphatic rings. The van der Waals surface area contributed by atoms with E-state index in [1.54, 1.807) is 40.5 Å². The van der Waals surface area contributed by atoms with Gasteiger partial charge in [0, 0.05) is 24.5 Å². The van der Waals surface area contributed by atoms with Gasteiger partial charge in [0.05, 0.1) is 25.1 Å². The lowest BCUT2D eigenvalue weighted by Gasteiger charge is -2.28. The van der Waals surface area contributed by atoms with Crippen LogP contribution in [0.2, 0.25) is 0 Å². The number of hydrogen-bond acceptors (Lipinski definition) is 6. The molecule has 4 rings (SSSR count). The molecule has 0 saturated carbocycles. The van der Waals surface area contributed by atoms with Crippen LogP contribution < -0.4 is 4.74 Å². The van der Waals surface area contributed by atoms with E-state index in [2.05, 4.69) is 4.90 Å². The third kappa shape index (κ3) is 7.19. The van der Waals surface area contributed by atoms with Crippen molar-refractivity contribution in [2.75, 3.05) is 39.8 Å². The first kappa shape index (κ1) is 28.2. The van der Waals surface area contributed by atoms with Crippen LogP contribution in [0.25, 0.3) is 0 Å². The summed E-state index contributed by atoms with van der Waals surface area (Å²) in [6.45, 7) is 4.93.